The Morgan fingerprint density at radius 1 is 1.00 bits per heavy atom. The summed E-state index contributed by atoms with van der Waals surface area (Å²) in [5.41, 5.74) is 11.1. The first kappa shape index (κ1) is 21.4. The van der Waals surface area contributed by atoms with Crippen molar-refractivity contribution < 1.29 is 0 Å². The van der Waals surface area contributed by atoms with Crippen LogP contribution in [0.25, 0.3) is 21.2 Å². The number of nitrogens with zero attached hydrogens (tertiary/aromatic N) is 5. The van der Waals surface area contributed by atoms with Crippen molar-refractivity contribution in [3.05, 3.63) is 46.8 Å². The molecule has 4 bridgehead atoms. The van der Waals surface area contributed by atoms with Gasteiger partial charge in [-0.2, -0.15) is 0 Å². The van der Waals surface area contributed by atoms with Gasteiger partial charge in [0, 0.05) is 28.3 Å². The molecule has 4 aliphatic carbocycles. The zero-order valence-corrected chi connectivity index (χ0v) is 20.8. The van der Waals surface area contributed by atoms with Gasteiger partial charge in [-0.1, -0.05) is 29.4 Å². The Labute approximate surface area is 207 Å². The summed E-state index contributed by atoms with van der Waals surface area (Å²) in [6.07, 6.45) is 10.8. The van der Waals surface area contributed by atoms with Crippen LogP contribution in [0.3, 0.4) is 0 Å². The van der Waals surface area contributed by atoms with Gasteiger partial charge in [-0.05, 0) is 129 Å². The first-order valence-electron chi connectivity index (χ1n) is 13.4. The molecule has 0 radical (unpaired) electrons. The van der Waals surface area contributed by atoms with Crippen LogP contribution in [0.15, 0.2) is 46.4 Å². The van der Waals surface area contributed by atoms with Crippen LogP contribution in [0, 0.1) is 29.1 Å². The van der Waals surface area contributed by atoms with E-state index in [1.165, 1.54) is 72.7 Å². The lowest BCUT2D eigenvalue weighted by atomic mass is 9.47. The highest BCUT2D eigenvalue weighted by Crippen LogP contribution is 2.62. The maximum atomic E-state index is 9.44. The van der Waals surface area contributed by atoms with Crippen LogP contribution >= 0.6 is 11.9 Å². The van der Waals surface area contributed by atoms with Crippen molar-refractivity contribution in [1.82, 2.24) is 4.90 Å². The van der Waals surface area contributed by atoms with Crippen molar-refractivity contribution >= 4 is 28.4 Å². The van der Waals surface area contributed by atoms with Crippen molar-refractivity contribution in [1.29, 1.82) is 0 Å². The van der Waals surface area contributed by atoms with Gasteiger partial charge in [-0.15, -0.1) is 0 Å². The van der Waals surface area contributed by atoms with Gasteiger partial charge in [0.15, 0.2) is 0 Å². The molecular weight excluding hydrogens is 438 g/mol. The summed E-state index contributed by atoms with van der Waals surface area (Å²) in [6.45, 7) is 4.39. The first-order valence-corrected chi connectivity index (χ1v) is 14.2. The molecule has 1 unspecified atom stereocenters. The van der Waals surface area contributed by atoms with Crippen molar-refractivity contribution in [3.8, 4) is 0 Å². The summed E-state index contributed by atoms with van der Waals surface area (Å²) in [6, 6.07) is 13.6. The quantitative estimate of drug-likeness (QED) is 0.192. The van der Waals surface area contributed by atoms with Gasteiger partial charge in [0.2, 0.25) is 0 Å². The number of hydrogen-bond donors (Lipinski definition) is 0. The van der Waals surface area contributed by atoms with Crippen LogP contribution in [0.5, 0.6) is 0 Å². The molecule has 6 aliphatic rings. The lowest BCUT2D eigenvalue weighted by molar-refractivity contribution is -0.0722. The van der Waals surface area contributed by atoms with Gasteiger partial charge in [0.05, 0.1) is 11.7 Å². The van der Waals surface area contributed by atoms with E-state index >= 15 is 0 Å². The molecule has 2 aromatic rings. The second kappa shape index (κ2) is 8.36. The first-order chi connectivity index (χ1) is 16.7. The molecule has 0 N–H and O–H groups in total. The Balaban J connectivity index is 0.996. The second-order valence-corrected chi connectivity index (χ2v) is 13.1. The number of rotatable bonds is 6. The van der Waals surface area contributed by atoms with E-state index in [4.69, 9.17) is 0 Å². The number of hydrogen-bond acceptors (Lipinski definition) is 4. The van der Waals surface area contributed by atoms with Gasteiger partial charge < -0.3 is 9.21 Å². The normalized spacial score (nSPS) is 33.4. The van der Waals surface area contributed by atoms with Gasteiger partial charge in [-0.3, -0.25) is 0 Å². The van der Waals surface area contributed by atoms with E-state index in [1.54, 1.807) is 0 Å². The van der Waals surface area contributed by atoms with E-state index in [1.807, 2.05) is 11.9 Å². The fraction of sp³-hybridized carbons (Fsp3) is 0.643. The Morgan fingerprint density at radius 3 is 2.35 bits per heavy atom. The summed E-state index contributed by atoms with van der Waals surface area (Å²) in [5.74, 6) is 3.44. The van der Waals surface area contributed by atoms with Crippen molar-refractivity contribution in [3.63, 3.8) is 0 Å². The molecule has 178 valence electrons. The Morgan fingerprint density at radius 2 is 1.68 bits per heavy atom. The monoisotopic (exact) mass is 473 g/mol. The minimum Gasteiger partial charge on any atom is -0.311 e. The molecule has 0 spiro atoms. The molecule has 0 aromatic heterocycles. The maximum Gasteiger partial charge on any atom is 0.0563 e. The summed E-state index contributed by atoms with van der Waals surface area (Å²) in [7, 11) is 0. The Kier molecular flexibility index (Phi) is 5.26. The van der Waals surface area contributed by atoms with E-state index in [9.17, 15) is 5.53 Å². The highest BCUT2D eigenvalue weighted by atomic mass is 32.2. The summed E-state index contributed by atoms with van der Waals surface area (Å²) in [5, 5.41) is 7.27. The third-order valence-electron chi connectivity index (χ3n) is 9.87. The second-order valence-electron chi connectivity index (χ2n) is 12.0. The number of azide groups is 1. The summed E-state index contributed by atoms with van der Waals surface area (Å²) >= 11 is 1.92. The standard InChI is InChI=1S/C28H35N5S/c29-31-30-26(28-14-20-11-21(15-28)13-22(12-20)16-28)18-32-9-7-19(8-10-32)17-33-24-5-1-3-23-4-2-6-25(34-33)27(23)24/h1-6,19-22,26H,7-18H2. The number of likely N-dealkylation sites (tertiary alicyclic amines) is 1. The van der Waals surface area contributed by atoms with Crippen LogP contribution in [0.4, 0.5) is 5.69 Å². The fourth-order valence-electron chi connectivity index (χ4n) is 8.71. The minimum atomic E-state index is 0.170. The van der Waals surface area contributed by atoms with E-state index in [-0.39, 0.29) is 6.04 Å². The van der Waals surface area contributed by atoms with Crippen LogP contribution in [0.1, 0.15) is 51.4 Å². The van der Waals surface area contributed by atoms with E-state index < -0.39 is 0 Å². The molecular formula is C28H35N5S. The molecule has 2 aliphatic heterocycles. The van der Waals surface area contributed by atoms with Crippen molar-refractivity contribution in [2.24, 2.45) is 34.2 Å². The lowest BCUT2D eigenvalue weighted by Crippen LogP contribution is -2.54. The molecule has 34 heavy (non-hydrogen) atoms. The van der Waals surface area contributed by atoms with Crippen LogP contribution < -0.4 is 4.31 Å². The third kappa shape index (κ3) is 3.61. The average molecular weight is 474 g/mol. The van der Waals surface area contributed by atoms with E-state index in [2.05, 4.69) is 55.6 Å². The molecule has 0 amide bonds. The van der Waals surface area contributed by atoms with Gasteiger partial charge >= 0.3 is 0 Å². The summed E-state index contributed by atoms with van der Waals surface area (Å²) < 4.78 is 2.54. The molecule has 5 fully saturated rings. The Hall–Kier alpha value is -1.88. The fourth-order valence-corrected chi connectivity index (χ4v) is 9.93. The topological polar surface area (TPSA) is 55.2 Å². The van der Waals surface area contributed by atoms with Crippen LogP contribution in [-0.2, 0) is 0 Å². The van der Waals surface area contributed by atoms with Crippen LogP contribution in [0.2, 0.25) is 0 Å². The predicted molar refractivity (Wildman–Crippen MR) is 140 cm³/mol. The average Bonchev–Trinajstić information content (AvgIpc) is 3.18. The molecule has 2 aromatic carbocycles. The highest BCUT2D eigenvalue weighted by molar-refractivity contribution is 8.01. The van der Waals surface area contributed by atoms with E-state index in [0.29, 0.717) is 5.41 Å². The van der Waals surface area contributed by atoms with E-state index in [0.717, 1.165) is 49.9 Å². The lowest BCUT2D eigenvalue weighted by Gasteiger charge is -2.59. The molecule has 5 nitrogen and oxygen atoms in total. The van der Waals surface area contributed by atoms with Crippen LogP contribution in [-0.4, -0.2) is 37.1 Å². The molecule has 1 atom stereocenters. The zero-order valence-electron chi connectivity index (χ0n) is 20.0. The molecule has 8 rings (SSSR count). The zero-order chi connectivity index (χ0) is 22.7. The third-order valence-corrected chi connectivity index (χ3v) is 11.0. The smallest absolute Gasteiger partial charge is 0.0563 e. The van der Waals surface area contributed by atoms with Crippen molar-refractivity contribution in [2.45, 2.75) is 62.3 Å². The SMILES string of the molecule is [N-]=[N+]=NC(CN1CCC(CN2Sc3cccc4cccc2c34)CC1)C12CC3CC(CC(C3)C1)C2. The maximum absolute atomic E-state index is 9.44. The highest BCUT2D eigenvalue weighted by Gasteiger charge is 2.54. The van der Waals surface area contributed by atoms with Gasteiger partial charge in [0.1, 0.15) is 0 Å². The van der Waals surface area contributed by atoms with Gasteiger partial charge in [0.25, 0.3) is 0 Å². The van der Waals surface area contributed by atoms with Gasteiger partial charge in [-0.25, -0.2) is 0 Å². The predicted octanol–water partition coefficient (Wildman–Crippen LogP) is 7.27. The van der Waals surface area contributed by atoms with Crippen molar-refractivity contribution in [2.75, 3.05) is 30.5 Å². The minimum absolute atomic E-state index is 0.170. The summed E-state index contributed by atoms with van der Waals surface area (Å²) in [4.78, 5) is 7.40. The largest absolute Gasteiger partial charge is 0.311 e. The Bertz CT molecular complexity index is 1090. The molecule has 2 heterocycles. The molecule has 6 heteroatoms. The number of benzene rings is 2. The number of piperidine rings is 1. The molecule has 1 saturated heterocycles. The molecule has 4 saturated carbocycles. The number of anilines is 1.